The van der Waals surface area contributed by atoms with Gasteiger partial charge in [-0.05, 0) is 38.8 Å². The fraction of sp³-hybridized carbons (Fsp3) is 1.00. The maximum absolute atomic E-state index is 3.45. The lowest BCUT2D eigenvalue weighted by atomic mass is 10.0. The second-order valence-electron chi connectivity index (χ2n) is 5.28. The number of piperidine rings is 1. The molecule has 0 aromatic rings. The summed E-state index contributed by atoms with van der Waals surface area (Å²) in [6.45, 7) is 7.76. The molecule has 0 aromatic heterocycles. The highest BCUT2D eigenvalue weighted by atomic mass is 15.3. The maximum atomic E-state index is 3.45. The van der Waals surface area contributed by atoms with Gasteiger partial charge in [0.15, 0.2) is 0 Å². The van der Waals surface area contributed by atoms with Crippen molar-refractivity contribution in [3.05, 3.63) is 0 Å². The zero-order valence-electron chi connectivity index (χ0n) is 9.62. The van der Waals surface area contributed by atoms with Gasteiger partial charge in [0.2, 0.25) is 0 Å². The van der Waals surface area contributed by atoms with Crippen LogP contribution in [0.1, 0.15) is 25.7 Å². The molecule has 3 aliphatic rings. The van der Waals surface area contributed by atoms with Crippen molar-refractivity contribution in [2.45, 2.75) is 37.8 Å². The van der Waals surface area contributed by atoms with Crippen LogP contribution in [0.25, 0.3) is 0 Å². The number of rotatable bonds is 2. The molecule has 0 radical (unpaired) electrons. The molecule has 1 saturated carbocycles. The van der Waals surface area contributed by atoms with Gasteiger partial charge < -0.3 is 5.32 Å². The van der Waals surface area contributed by atoms with Gasteiger partial charge in [-0.25, -0.2) is 0 Å². The molecule has 0 atom stereocenters. The molecule has 15 heavy (non-hydrogen) atoms. The molecule has 2 saturated heterocycles. The number of nitrogens with one attached hydrogen (secondary N) is 1. The molecule has 0 bridgehead atoms. The molecule has 0 spiro atoms. The van der Waals surface area contributed by atoms with E-state index in [0.29, 0.717) is 0 Å². The highest BCUT2D eigenvalue weighted by molar-refractivity contribution is 4.89. The van der Waals surface area contributed by atoms with Crippen molar-refractivity contribution in [2.75, 3.05) is 39.3 Å². The molecule has 2 aliphatic heterocycles. The van der Waals surface area contributed by atoms with E-state index in [2.05, 4.69) is 15.1 Å². The van der Waals surface area contributed by atoms with Crippen LogP contribution >= 0.6 is 0 Å². The van der Waals surface area contributed by atoms with E-state index in [0.717, 1.165) is 12.1 Å². The van der Waals surface area contributed by atoms with E-state index in [1.54, 1.807) is 0 Å². The van der Waals surface area contributed by atoms with Crippen LogP contribution in [0.4, 0.5) is 0 Å². The number of piperazine rings is 1. The highest BCUT2D eigenvalue weighted by Crippen LogP contribution is 2.28. The lowest BCUT2D eigenvalue weighted by Gasteiger charge is -2.41. The van der Waals surface area contributed by atoms with E-state index in [1.807, 2.05) is 0 Å². The summed E-state index contributed by atoms with van der Waals surface area (Å²) in [5.41, 5.74) is 0. The summed E-state index contributed by atoms with van der Waals surface area (Å²) < 4.78 is 0. The topological polar surface area (TPSA) is 18.5 Å². The molecule has 3 nitrogen and oxygen atoms in total. The van der Waals surface area contributed by atoms with Gasteiger partial charge >= 0.3 is 0 Å². The first-order valence-corrected chi connectivity index (χ1v) is 6.62. The largest absolute Gasteiger partial charge is 0.317 e. The van der Waals surface area contributed by atoms with E-state index in [4.69, 9.17) is 0 Å². The molecule has 1 N–H and O–H groups in total. The van der Waals surface area contributed by atoms with E-state index in [1.165, 1.54) is 65.0 Å². The number of hydrogen-bond donors (Lipinski definition) is 1. The minimum Gasteiger partial charge on any atom is -0.317 e. The van der Waals surface area contributed by atoms with Crippen LogP contribution in [0, 0.1) is 0 Å². The third kappa shape index (κ3) is 2.35. The summed E-state index contributed by atoms with van der Waals surface area (Å²) >= 11 is 0. The van der Waals surface area contributed by atoms with Crippen molar-refractivity contribution in [1.29, 1.82) is 0 Å². The molecule has 86 valence electrons. The Morgan fingerprint density at radius 2 is 1.13 bits per heavy atom. The Hall–Kier alpha value is -0.120. The second kappa shape index (κ2) is 4.40. The smallest absolute Gasteiger partial charge is 0.0120 e. The summed E-state index contributed by atoms with van der Waals surface area (Å²) in [6.07, 6.45) is 5.66. The lowest BCUT2D eigenvalue weighted by Crippen LogP contribution is -2.53. The minimum absolute atomic E-state index is 0.882. The minimum atomic E-state index is 0.882. The van der Waals surface area contributed by atoms with Gasteiger partial charge in [-0.1, -0.05) is 0 Å². The Kier molecular flexibility index (Phi) is 2.95. The van der Waals surface area contributed by atoms with Crippen LogP contribution in [0.3, 0.4) is 0 Å². The molecular weight excluding hydrogens is 186 g/mol. The fourth-order valence-electron chi connectivity index (χ4n) is 3.08. The Bertz CT molecular complexity index is 201. The normalized spacial score (nSPS) is 32.0. The highest BCUT2D eigenvalue weighted by Gasteiger charge is 2.32. The van der Waals surface area contributed by atoms with Gasteiger partial charge in [-0.3, -0.25) is 9.80 Å². The van der Waals surface area contributed by atoms with Gasteiger partial charge in [-0.15, -0.1) is 0 Å². The SMILES string of the molecule is C1CC(N2CCN(C3CC3)CC2)CCN1. The van der Waals surface area contributed by atoms with Crippen molar-refractivity contribution < 1.29 is 0 Å². The summed E-state index contributed by atoms with van der Waals surface area (Å²) in [4.78, 5) is 5.44. The van der Waals surface area contributed by atoms with Gasteiger partial charge in [0.1, 0.15) is 0 Å². The van der Waals surface area contributed by atoms with Crippen LogP contribution in [0.15, 0.2) is 0 Å². The molecule has 3 heteroatoms. The zero-order valence-corrected chi connectivity index (χ0v) is 9.62. The van der Waals surface area contributed by atoms with E-state index < -0.39 is 0 Å². The Morgan fingerprint density at radius 1 is 0.667 bits per heavy atom. The molecule has 3 fully saturated rings. The maximum Gasteiger partial charge on any atom is 0.0120 e. The quantitative estimate of drug-likeness (QED) is 0.715. The van der Waals surface area contributed by atoms with Crippen LogP contribution in [0.5, 0.6) is 0 Å². The molecule has 3 rings (SSSR count). The standard InChI is InChI=1S/C12H23N3/c1-2-11(1)14-7-9-15(10-8-14)12-3-5-13-6-4-12/h11-13H,1-10H2. The van der Waals surface area contributed by atoms with Gasteiger partial charge in [0.25, 0.3) is 0 Å². The molecule has 2 heterocycles. The monoisotopic (exact) mass is 209 g/mol. The average molecular weight is 209 g/mol. The van der Waals surface area contributed by atoms with E-state index in [-0.39, 0.29) is 0 Å². The number of hydrogen-bond acceptors (Lipinski definition) is 3. The first-order chi connectivity index (χ1) is 7.43. The fourth-order valence-corrected chi connectivity index (χ4v) is 3.08. The first kappa shape index (κ1) is 10.1. The Morgan fingerprint density at radius 3 is 1.60 bits per heavy atom. The third-order valence-electron chi connectivity index (χ3n) is 4.24. The second-order valence-corrected chi connectivity index (χ2v) is 5.28. The van der Waals surface area contributed by atoms with Crippen LogP contribution in [-0.2, 0) is 0 Å². The summed E-state index contributed by atoms with van der Waals surface area (Å²) in [6, 6.07) is 1.85. The van der Waals surface area contributed by atoms with Crippen molar-refractivity contribution in [3.8, 4) is 0 Å². The molecule has 0 amide bonds. The predicted octanol–water partition coefficient (Wildman–Crippen LogP) is 0.518. The Balaban J connectivity index is 1.47. The molecule has 0 unspecified atom stereocenters. The zero-order chi connectivity index (χ0) is 10.1. The van der Waals surface area contributed by atoms with Gasteiger partial charge in [-0.2, -0.15) is 0 Å². The van der Waals surface area contributed by atoms with Crippen molar-refractivity contribution in [2.24, 2.45) is 0 Å². The lowest BCUT2D eigenvalue weighted by molar-refractivity contribution is 0.0781. The van der Waals surface area contributed by atoms with Crippen molar-refractivity contribution >= 4 is 0 Å². The first-order valence-electron chi connectivity index (χ1n) is 6.62. The molecular formula is C12H23N3. The summed E-state index contributed by atoms with van der Waals surface area (Å²) in [5.74, 6) is 0. The average Bonchev–Trinajstić information content (AvgIpc) is 3.15. The number of nitrogens with zero attached hydrogens (tertiary/aromatic N) is 2. The van der Waals surface area contributed by atoms with Crippen molar-refractivity contribution in [1.82, 2.24) is 15.1 Å². The molecule has 1 aliphatic carbocycles. The van der Waals surface area contributed by atoms with Crippen molar-refractivity contribution in [3.63, 3.8) is 0 Å². The van der Waals surface area contributed by atoms with Gasteiger partial charge in [0, 0.05) is 38.3 Å². The summed E-state index contributed by atoms with van der Waals surface area (Å²) in [5, 5.41) is 3.45. The van der Waals surface area contributed by atoms with Crippen LogP contribution in [0.2, 0.25) is 0 Å². The Labute approximate surface area is 92.8 Å². The van der Waals surface area contributed by atoms with E-state index in [9.17, 15) is 0 Å². The van der Waals surface area contributed by atoms with Gasteiger partial charge in [0.05, 0.1) is 0 Å². The molecule has 0 aromatic carbocycles. The van der Waals surface area contributed by atoms with Crippen LogP contribution in [-0.4, -0.2) is 61.2 Å². The predicted molar refractivity (Wildman–Crippen MR) is 62.1 cm³/mol. The van der Waals surface area contributed by atoms with Crippen LogP contribution < -0.4 is 5.32 Å². The summed E-state index contributed by atoms with van der Waals surface area (Å²) in [7, 11) is 0. The third-order valence-corrected chi connectivity index (χ3v) is 4.24. The van der Waals surface area contributed by atoms with E-state index >= 15 is 0 Å².